The molecule has 1 aliphatic rings. The number of hydrogen-bond acceptors (Lipinski definition) is 3. The number of aromatic nitrogens is 3. The first-order valence-electron chi connectivity index (χ1n) is 6.11. The second-order valence-corrected chi connectivity index (χ2v) is 6.48. The molecular formula is C13H16ClN3S. The number of fused-ring (bicyclic) bond motifs is 1. The van der Waals surface area contributed by atoms with Gasteiger partial charge in [0, 0.05) is 17.5 Å². The molecule has 1 aliphatic carbocycles. The summed E-state index contributed by atoms with van der Waals surface area (Å²) in [5.74, 6) is 1.38. The maximum Gasteiger partial charge on any atom is 0.160 e. The Hall–Kier alpha value is -0.740. The van der Waals surface area contributed by atoms with Crippen molar-refractivity contribution in [1.82, 2.24) is 14.5 Å². The zero-order valence-electron chi connectivity index (χ0n) is 10.6. The third kappa shape index (κ3) is 1.91. The summed E-state index contributed by atoms with van der Waals surface area (Å²) in [4.78, 5) is 9.13. The Kier molecular flexibility index (Phi) is 3.02. The highest BCUT2D eigenvalue weighted by molar-refractivity contribution is 8.00. The molecule has 0 amide bonds. The first kappa shape index (κ1) is 12.3. The molecule has 0 atom stereocenters. The van der Waals surface area contributed by atoms with Gasteiger partial charge in [0.2, 0.25) is 0 Å². The number of hydrogen-bond donors (Lipinski definition) is 0. The van der Waals surface area contributed by atoms with Crippen LogP contribution in [-0.2, 0) is 12.4 Å². The van der Waals surface area contributed by atoms with E-state index in [2.05, 4.69) is 27.7 Å². The lowest BCUT2D eigenvalue weighted by atomic mass is 10.3. The van der Waals surface area contributed by atoms with Gasteiger partial charge in [0.25, 0.3) is 0 Å². The third-order valence-corrected chi connectivity index (χ3v) is 5.36. The Bertz CT molecular complexity index is 589. The van der Waals surface area contributed by atoms with E-state index in [0.717, 1.165) is 23.5 Å². The lowest BCUT2D eigenvalue weighted by molar-refractivity contribution is 0.650. The topological polar surface area (TPSA) is 30.7 Å². The quantitative estimate of drug-likeness (QED) is 0.805. The molecule has 2 heterocycles. The molecule has 96 valence electrons. The zero-order valence-corrected chi connectivity index (χ0v) is 12.2. The molecular weight excluding hydrogens is 266 g/mol. The Morgan fingerprint density at radius 2 is 2.28 bits per heavy atom. The smallest absolute Gasteiger partial charge is 0.160 e. The molecule has 0 aromatic carbocycles. The van der Waals surface area contributed by atoms with Crippen molar-refractivity contribution in [2.24, 2.45) is 0 Å². The van der Waals surface area contributed by atoms with Crippen molar-refractivity contribution in [3.63, 3.8) is 0 Å². The van der Waals surface area contributed by atoms with E-state index in [1.165, 1.54) is 18.4 Å². The fraction of sp³-hybridized carbons (Fsp3) is 0.538. The molecule has 5 heteroatoms. The van der Waals surface area contributed by atoms with Gasteiger partial charge in [-0.05, 0) is 37.7 Å². The molecule has 18 heavy (non-hydrogen) atoms. The van der Waals surface area contributed by atoms with Crippen molar-refractivity contribution in [2.75, 3.05) is 6.26 Å². The number of imidazole rings is 1. The first-order valence-corrected chi connectivity index (χ1v) is 7.87. The van der Waals surface area contributed by atoms with Crippen LogP contribution >= 0.6 is 23.4 Å². The summed E-state index contributed by atoms with van der Waals surface area (Å²) in [7, 11) is 0. The van der Waals surface area contributed by atoms with Crippen molar-refractivity contribution in [1.29, 1.82) is 0 Å². The van der Waals surface area contributed by atoms with E-state index in [1.807, 2.05) is 24.0 Å². The minimum absolute atomic E-state index is 0.389. The number of thioether (sulfide) groups is 1. The number of aryl methyl sites for hydroxylation is 1. The maximum atomic E-state index is 6.03. The molecule has 0 unspecified atom stereocenters. The maximum absolute atomic E-state index is 6.03. The lowest BCUT2D eigenvalue weighted by Crippen LogP contribution is -2.16. The Balaban J connectivity index is 2.11. The van der Waals surface area contributed by atoms with Gasteiger partial charge in [-0.2, -0.15) is 11.8 Å². The predicted molar refractivity (Wildman–Crippen MR) is 77.3 cm³/mol. The Morgan fingerprint density at radius 1 is 1.50 bits per heavy atom. The highest BCUT2D eigenvalue weighted by Gasteiger charge is 2.43. The van der Waals surface area contributed by atoms with Crippen molar-refractivity contribution in [2.45, 2.75) is 36.9 Å². The molecule has 3 rings (SSSR count). The van der Waals surface area contributed by atoms with Crippen LogP contribution in [0, 0.1) is 6.92 Å². The summed E-state index contributed by atoms with van der Waals surface area (Å²) in [6.45, 7) is 3.05. The van der Waals surface area contributed by atoms with Crippen LogP contribution in [0.2, 0.25) is 0 Å². The molecule has 0 bridgehead atoms. The van der Waals surface area contributed by atoms with Crippen LogP contribution in [0.4, 0.5) is 0 Å². The summed E-state index contributed by atoms with van der Waals surface area (Å²) in [5.41, 5.74) is 3.13. The summed E-state index contributed by atoms with van der Waals surface area (Å²) in [6, 6.07) is 2.00. The minimum Gasteiger partial charge on any atom is -0.310 e. The highest BCUT2D eigenvalue weighted by Crippen LogP contribution is 2.49. The number of halogens is 1. The van der Waals surface area contributed by atoms with Crippen molar-refractivity contribution in [3.05, 3.63) is 23.7 Å². The van der Waals surface area contributed by atoms with Crippen LogP contribution in [0.15, 0.2) is 12.3 Å². The molecule has 1 fully saturated rings. The molecule has 2 aromatic rings. The molecule has 0 saturated heterocycles. The number of nitrogens with zero attached hydrogens (tertiary/aromatic N) is 3. The van der Waals surface area contributed by atoms with Crippen LogP contribution in [0.25, 0.3) is 11.2 Å². The van der Waals surface area contributed by atoms with E-state index in [1.54, 1.807) is 0 Å². The minimum atomic E-state index is 0.389. The van der Waals surface area contributed by atoms with Crippen molar-refractivity contribution >= 4 is 34.5 Å². The molecule has 0 aliphatic heterocycles. The summed E-state index contributed by atoms with van der Waals surface area (Å²) >= 11 is 7.98. The zero-order chi connectivity index (χ0) is 12.8. The number of pyridine rings is 1. The van der Waals surface area contributed by atoms with Gasteiger partial charge in [-0.3, -0.25) is 0 Å². The first-order chi connectivity index (χ1) is 8.69. The summed E-state index contributed by atoms with van der Waals surface area (Å²) in [5, 5.41) is 0. The second-order valence-electron chi connectivity index (χ2n) is 4.94. The third-order valence-electron chi connectivity index (χ3n) is 3.72. The number of rotatable bonds is 4. The molecule has 0 radical (unpaired) electrons. The van der Waals surface area contributed by atoms with Gasteiger partial charge in [0.15, 0.2) is 5.65 Å². The molecule has 3 nitrogen and oxygen atoms in total. The largest absolute Gasteiger partial charge is 0.310 e. The van der Waals surface area contributed by atoms with E-state index < -0.39 is 0 Å². The lowest BCUT2D eigenvalue weighted by Gasteiger charge is -2.14. The van der Waals surface area contributed by atoms with Gasteiger partial charge in [-0.1, -0.05) is 0 Å². The van der Waals surface area contributed by atoms with E-state index in [9.17, 15) is 0 Å². The van der Waals surface area contributed by atoms with Gasteiger partial charge >= 0.3 is 0 Å². The second kappa shape index (κ2) is 4.42. The molecule has 1 saturated carbocycles. The fourth-order valence-corrected chi connectivity index (χ4v) is 3.28. The normalized spacial score (nSPS) is 17.3. The monoisotopic (exact) mass is 281 g/mol. The van der Waals surface area contributed by atoms with Gasteiger partial charge in [-0.25, -0.2) is 9.97 Å². The molecule has 0 spiro atoms. The Labute approximate surface area is 116 Å². The summed E-state index contributed by atoms with van der Waals surface area (Å²) < 4.78 is 2.60. The highest BCUT2D eigenvalue weighted by atomic mass is 35.5. The van der Waals surface area contributed by atoms with Gasteiger partial charge in [-0.15, -0.1) is 11.6 Å². The van der Waals surface area contributed by atoms with E-state index >= 15 is 0 Å². The summed E-state index contributed by atoms with van der Waals surface area (Å²) in [6.07, 6.45) is 6.60. The van der Waals surface area contributed by atoms with Crippen LogP contribution in [0.1, 0.15) is 24.2 Å². The van der Waals surface area contributed by atoms with E-state index in [4.69, 9.17) is 11.6 Å². The molecule has 2 aromatic heterocycles. The average Bonchev–Trinajstić information content (AvgIpc) is 3.07. The van der Waals surface area contributed by atoms with E-state index in [0.29, 0.717) is 10.6 Å². The standard InChI is InChI=1S/C13H16ClN3S/c1-9-3-6-15-12-11(9)16-10(7-14)17(12)8-13(18-2)4-5-13/h3,6H,4-5,7-8H2,1-2H3. The molecule has 0 N–H and O–H groups in total. The van der Waals surface area contributed by atoms with Gasteiger partial charge < -0.3 is 4.57 Å². The van der Waals surface area contributed by atoms with Gasteiger partial charge in [0.05, 0.1) is 5.88 Å². The van der Waals surface area contributed by atoms with Crippen molar-refractivity contribution in [3.8, 4) is 0 Å². The van der Waals surface area contributed by atoms with Crippen LogP contribution in [0.3, 0.4) is 0 Å². The fourth-order valence-electron chi connectivity index (χ4n) is 2.31. The van der Waals surface area contributed by atoms with E-state index in [-0.39, 0.29) is 0 Å². The number of alkyl halides is 1. The van der Waals surface area contributed by atoms with Crippen LogP contribution in [0.5, 0.6) is 0 Å². The van der Waals surface area contributed by atoms with Crippen LogP contribution < -0.4 is 0 Å². The average molecular weight is 282 g/mol. The van der Waals surface area contributed by atoms with Crippen LogP contribution in [-0.4, -0.2) is 25.5 Å². The SMILES string of the molecule is CSC1(Cn2c(CCl)nc3c(C)ccnc32)CC1. The van der Waals surface area contributed by atoms with Gasteiger partial charge in [0.1, 0.15) is 11.3 Å². The Morgan fingerprint density at radius 3 is 2.89 bits per heavy atom. The van der Waals surface area contributed by atoms with Crippen molar-refractivity contribution < 1.29 is 0 Å². The predicted octanol–water partition coefficient (Wildman–Crippen LogP) is 3.37.